The van der Waals surface area contributed by atoms with Crippen molar-refractivity contribution in [2.75, 3.05) is 20.0 Å². The standard InChI is InChI=1S/C11H11FN2O3/c1-15-7-4-3-6(12)11(16-2)10(7)8-5-9(13)14-17-8/h3-5H,1-2H3,(H2,13,14). The van der Waals surface area contributed by atoms with Crippen LogP contribution in [0.1, 0.15) is 0 Å². The molecule has 0 bridgehead atoms. The summed E-state index contributed by atoms with van der Waals surface area (Å²) < 4.78 is 28.7. The predicted molar refractivity (Wildman–Crippen MR) is 59.4 cm³/mol. The number of nitrogens with zero attached hydrogens (tertiary/aromatic N) is 1. The number of methoxy groups -OCH3 is 2. The van der Waals surface area contributed by atoms with Crippen LogP contribution in [0.15, 0.2) is 22.7 Å². The Bertz CT molecular complexity index is 540. The minimum atomic E-state index is -0.515. The van der Waals surface area contributed by atoms with Crippen molar-refractivity contribution in [2.45, 2.75) is 0 Å². The van der Waals surface area contributed by atoms with Crippen LogP contribution in [-0.4, -0.2) is 19.4 Å². The number of hydrogen-bond acceptors (Lipinski definition) is 5. The number of hydrogen-bond donors (Lipinski definition) is 1. The summed E-state index contributed by atoms with van der Waals surface area (Å²) in [5.74, 6) is 0.419. The molecule has 2 aromatic rings. The molecule has 90 valence electrons. The molecule has 0 saturated carbocycles. The van der Waals surface area contributed by atoms with E-state index in [9.17, 15) is 4.39 Å². The molecule has 2 rings (SSSR count). The van der Waals surface area contributed by atoms with E-state index < -0.39 is 5.82 Å². The Morgan fingerprint density at radius 3 is 2.59 bits per heavy atom. The Hall–Kier alpha value is -2.24. The molecule has 0 saturated heterocycles. The number of rotatable bonds is 3. The quantitative estimate of drug-likeness (QED) is 0.886. The summed E-state index contributed by atoms with van der Waals surface area (Å²) >= 11 is 0. The van der Waals surface area contributed by atoms with Gasteiger partial charge in [-0.1, -0.05) is 5.16 Å². The number of benzene rings is 1. The molecule has 0 aliphatic carbocycles. The lowest BCUT2D eigenvalue weighted by molar-refractivity contribution is 0.370. The molecule has 1 heterocycles. The highest BCUT2D eigenvalue weighted by molar-refractivity contribution is 5.74. The summed E-state index contributed by atoms with van der Waals surface area (Å²) in [7, 11) is 2.83. The van der Waals surface area contributed by atoms with Gasteiger partial charge in [0.2, 0.25) is 0 Å². The fourth-order valence-corrected chi connectivity index (χ4v) is 1.55. The van der Waals surface area contributed by atoms with Crippen molar-refractivity contribution in [3.63, 3.8) is 0 Å². The lowest BCUT2D eigenvalue weighted by Gasteiger charge is -2.11. The fourth-order valence-electron chi connectivity index (χ4n) is 1.55. The molecule has 0 fully saturated rings. The molecule has 0 unspecified atom stereocenters. The van der Waals surface area contributed by atoms with Gasteiger partial charge in [-0.25, -0.2) is 4.39 Å². The number of aromatic nitrogens is 1. The number of anilines is 1. The third-order valence-electron chi connectivity index (χ3n) is 2.27. The molecular formula is C11H11FN2O3. The van der Waals surface area contributed by atoms with Crippen LogP contribution >= 0.6 is 0 Å². The topological polar surface area (TPSA) is 70.5 Å². The monoisotopic (exact) mass is 238 g/mol. The maximum absolute atomic E-state index is 13.6. The van der Waals surface area contributed by atoms with Gasteiger partial charge < -0.3 is 19.7 Å². The van der Waals surface area contributed by atoms with Gasteiger partial charge in [0, 0.05) is 6.07 Å². The molecule has 0 spiro atoms. The average molecular weight is 238 g/mol. The summed E-state index contributed by atoms with van der Waals surface area (Å²) in [6.45, 7) is 0. The van der Waals surface area contributed by atoms with Crippen LogP contribution in [0.3, 0.4) is 0 Å². The van der Waals surface area contributed by atoms with Crippen molar-refractivity contribution < 1.29 is 18.4 Å². The highest BCUT2D eigenvalue weighted by atomic mass is 19.1. The zero-order valence-corrected chi connectivity index (χ0v) is 9.36. The second-order valence-corrected chi connectivity index (χ2v) is 3.27. The van der Waals surface area contributed by atoms with Gasteiger partial charge in [-0.15, -0.1) is 0 Å². The van der Waals surface area contributed by atoms with Gasteiger partial charge in [-0.2, -0.15) is 0 Å². The van der Waals surface area contributed by atoms with Crippen molar-refractivity contribution in [3.05, 3.63) is 24.0 Å². The minimum Gasteiger partial charge on any atom is -0.496 e. The maximum atomic E-state index is 13.6. The fraction of sp³-hybridized carbons (Fsp3) is 0.182. The van der Waals surface area contributed by atoms with Crippen LogP contribution in [0.25, 0.3) is 11.3 Å². The predicted octanol–water partition coefficient (Wildman–Crippen LogP) is 2.08. The Kier molecular flexibility index (Phi) is 2.86. The Morgan fingerprint density at radius 1 is 1.29 bits per heavy atom. The molecule has 1 aromatic heterocycles. The molecule has 2 N–H and O–H groups in total. The Morgan fingerprint density at radius 2 is 2.06 bits per heavy atom. The number of halogens is 1. The third-order valence-corrected chi connectivity index (χ3v) is 2.27. The molecule has 17 heavy (non-hydrogen) atoms. The first-order valence-electron chi connectivity index (χ1n) is 4.80. The SMILES string of the molecule is COc1ccc(F)c(OC)c1-c1cc(N)no1. The molecule has 0 atom stereocenters. The highest BCUT2D eigenvalue weighted by Gasteiger charge is 2.20. The van der Waals surface area contributed by atoms with Crippen molar-refractivity contribution in [1.82, 2.24) is 5.16 Å². The number of nitrogen functional groups attached to an aromatic ring is 1. The highest BCUT2D eigenvalue weighted by Crippen LogP contribution is 2.40. The molecule has 5 nitrogen and oxygen atoms in total. The van der Waals surface area contributed by atoms with Crippen LogP contribution in [0.5, 0.6) is 11.5 Å². The first-order chi connectivity index (χ1) is 8.17. The zero-order valence-electron chi connectivity index (χ0n) is 9.36. The second kappa shape index (κ2) is 4.32. The van der Waals surface area contributed by atoms with E-state index in [1.54, 1.807) is 0 Å². The van der Waals surface area contributed by atoms with Gasteiger partial charge in [-0.3, -0.25) is 0 Å². The van der Waals surface area contributed by atoms with E-state index in [0.29, 0.717) is 11.3 Å². The molecule has 0 aliphatic heterocycles. The van der Waals surface area contributed by atoms with Gasteiger partial charge in [0.15, 0.2) is 23.1 Å². The van der Waals surface area contributed by atoms with E-state index in [0.717, 1.165) is 0 Å². The van der Waals surface area contributed by atoms with Gasteiger partial charge in [-0.05, 0) is 12.1 Å². The number of ether oxygens (including phenoxy) is 2. The molecule has 6 heteroatoms. The van der Waals surface area contributed by atoms with E-state index in [1.807, 2.05) is 0 Å². The molecule has 0 amide bonds. The van der Waals surface area contributed by atoms with Gasteiger partial charge in [0.25, 0.3) is 0 Å². The molecule has 1 aromatic carbocycles. The van der Waals surface area contributed by atoms with Crippen LogP contribution in [0.4, 0.5) is 10.2 Å². The van der Waals surface area contributed by atoms with E-state index in [2.05, 4.69) is 5.16 Å². The van der Waals surface area contributed by atoms with Crippen LogP contribution in [0.2, 0.25) is 0 Å². The van der Waals surface area contributed by atoms with Crippen LogP contribution in [0, 0.1) is 5.82 Å². The molecular weight excluding hydrogens is 227 g/mol. The maximum Gasteiger partial charge on any atom is 0.176 e. The summed E-state index contributed by atoms with van der Waals surface area (Å²) in [4.78, 5) is 0. The van der Waals surface area contributed by atoms with Gasteiger partial charge >= 0.3 is 0 Å². The smallest absolute Gasteiger partial charge is 0.176 e. The van der Waals surface area contributed by atoms with E-state index >= 15 is 0 Å². The average Bonchev–Trinajstić information content (AvgIpc) is 2.75. The van der Waals surface area contributed by atoms with E-state index in [4.69, 9.17) is 19.7 Å². The number of nitrogens with two attached hydrogens (primary N) is 1. The Labute approximate surface area is 96.9 Å². The first-order valence-corrected chi connectivity index (χ1v) is 4.80. The lowest BCUT2D eigenvalue weighted by atomic mass is 10.1. The molecule has 0 radical (unpaired) electrons. The Balaban J connectivity index is 2.68. The normalized spacial score (nSPS) is 10.3. The van der Waals surface area contributed by atoms with Crippen molar-refractivity contribution in [1.29, 1.82) is 0 Å². The first kappa shape index (κ1) is 11.3. The van der Waals surface area contributed by atoms with Crippen LogP contribution in [-0.2, 0) is 0 Å². The summed E-state index contributed by atoms with van der Waals surface area (Å²) in [6, 6.07) is 4.20. The van der Waals surface area contributed by atoms with Gasteiger partial charge in [0.05, 0.1) is 14.2 Å². The van der Waals surface area contributed by atoms with Crippen molar-refractivity contribution in [2.24, 2.45) is 0 Å². The zero-order chi connectivity index (χ0) is 12.4. The summed E-state index contributed by atoms with van der Waals surface area (Å²) in [5.41, 5.74) is 5.80. The van der Waals surface area contributed by atoms with Crippen molar-refractivity contribution >= 4 is 5.82 Å². The molecule has 0 aliphatic rings. The van der Waals surface area contributed by atoms with E-state index in [-0.39, 0.29) is 17.3 Å². The minimum absolute atomic E-state index is 0.0282. The second-order valence-electron chi connectivity index (χ2n) is 3.27. The lowest BCUT2D eigenvalue weighted by Crippen LogP contribution is -1.95. The van der Waals surface area contributed by atoms with Crippen molar-refractivity contribution in [3.8, 4) is 22.8 Å². The third kappa shape index (κ3) is 1.89. The van der Waals surface area contributed by atoms with Gasteiger partial charge in [0.1, 0.15) is 11.3 Å². The van der Waals surface area contributed by atoms with Crippen LogP contribution < -0.4 is 15.2 Å². The van der Waals surface area contributed by atoms with E-state index in [1.165, 1.54) is 32.4 Å². The largest absolute Gasteiger partial charge is 0.496 e. The summed E-state index contributed by atoms with van der Waals surface area (Å²) in [5, 5.41) is 3.54. The summed E-state index contributed by atoms with van der Waals surface area (Å²) in [6.07, 6.45) is 0.